The van der Waals surface area contributed by atoms with E-state index in [1.807, 2.05) is 12.1 Å². The van der Waals surface area contributed by atoms with Crippen molar-refractivity contribution < 1.29 is 14.3 Å². The maximum absolute atomic E-state index is 12.1. The second-order valence-corrected chi connectivity index (χ2v) is 6.87. The van der Waals surface area contributed by atoms with E-state index in [9.17, 15) is 9.59 Å². The van der Waals surface area contributed by atoms with E-state index in [4.69, 9.17) is 27.9 Å². The summed E-state index contributed by atoms with van der Waals surface area (Å²) in [5, 5.41) is 3.26. The third kappa shape index (κ3) is 5.92. The summed E-state index contributed by atoms with van der Waals surface area (Å²) < 4.78 is 6.31. The van der Waals surface area contributed by atoms with Gasteiger partial charge in [-0.2, -0.15) is 0 Å². The molecule has 0 saturated carbocycles. The monoisotopic (exact) mass is 444 g/mol. The molecule has 0 aliphatic heterocycles. The Kier molecular flexibility index (Phi) is 7.11. The summed E-state index contributed by atoms with van der Waals surface area (Å²) in [6, 6.07) is 12.0. The van der Waals surface area contributed by atoms with Crippen LogP contribution in [0.25, 0.3) is 0 Å². The smallest absolute Gasteiger partial charge is 0.260 e. The van der Waals surface area contributed by atoms with Gasteiger partial charge in [-0.1, -0.05) is 45.2 Å². The number of benzene rings is 2. The molecule has 0 spiro atoms. The van der Waals surface area contributed by atoms with Crippen molar-refractivity contribution in [3.63, 3.8) is 0 Å². The van der Waals surface area contributed by atoms with E-state index < -0.39 is 5.91 Å². The van der Waals surface area contributed by atoms with E-state index in [1.165, 1.54) is 11.9 Å². The van der Waals surface area contributed by atoms with E-state index in [0.717, 1.165) is 4.47 Å². The first-order valence-electron chi connectivity index (χ1n) is 7.23. The number of para-hydroxylation sites is 1. The molecule has 0 unspecified atom stereocenters. The average Bonchev–Trinajstić information content (AvgIpc) is 2.57. The number of hydrogen-bond acceptors (Lipinski definition) is 3. The van der Waals surface area contributed by atoms with Gasteiger partial charge in [0.05, 0.1) is 22.3 Å². The maximum atomic E-state index is 12.1. The SMILES string of the molecule is CN(CC(=O)Nc1c(Cl)cccc1Cl)C(=O)COc1ccc(Br)cc1. The van der Waals surface area contributed by atoms with Crippen LogP contribution in [0.1, 0.15) is 0 Å². The standard InChI is InChI=1S/C17H15BrCl2N2O3/c1-22(16(24)10-25-12-7-5-11(18)6-8-12)9-15(23)21-17-13(19)3-2-4-14(17)20/h2-8H,9-10H2,1H3,(H,21,23). The molecule has 2 aromatic rings. The zero-order valence-corrected chi connectivity index (χ0v) is 16.4. The van der Waals surface area contributed by atoms with Crippen molar-refractivity contribution in [1.82, 2.24) is 4.90 Å². The molecule has 132 valence electrons. The molecule has 2 amide bonds. The van der Waals surface area contributed by atoms with Gasteiger partial charge in [-0.3, -0.25) is 9.59 Å². The van der Waals surface area contributed by atoms with Crippen molar-refractivity contribution in [2.45, 2.75) is 0 Å². The minimum absolute atomic E-state index is 0.149. The molecule has 25 heavy (non-hydrogen) atoms. The predicted octanol–water partition coefficient (Wildman–Crippen LogP) is 4.23. The fraction of sp³-hybridized carbons (Fsp3) is 0.176. The normalized spacial score (nSPS) is 10.2. The molecule has 2 rings (SSSR count). The highest BCUT2D eigenvalue weighted by Gasteiger charge is 2.15. The van der Waals surface area contributed by atoms with Crippen molar-refractivity contribution in [1.29, 1.82) is 0 Å². The summed E-state index contributed by atoms with van der Waals surface area (Å²) in [6.45, 7) is -0.317. The van der Waals surface area contributed by atoms with E-state index in [1.54, 1.807) is 30.3 Å². The van der Waals surface area contributed by atoms with Gasteiger partial charge in [-0.05, 0) is 36.4 Å². The van der Waals surface area contributed by atoms with Gasteiger partial charge in [0.25, 0.3) is 5.91 Å². The third-order valence-electron chi connectivity index (χ3n) is 3.21. The molecule has 1 N–H and O–H groups in total. The molecular weight excluding hydrogens is 431 g/mol. The largest absolute Gasteiger partial charge is 0.484 e. The van der Waals surface area contributed by atoms with E-state index in [0.29, 0.717) is 21.5 Å². The number of anilines is 1. The van der Waals surface area contributed by atoms with Crippen LogP contribution in [0.5, 0.6) is 5.75 Å². The van der Waals surface area contributed by atoms with Crippen LogP contribution in [0, 0.1) is 0 Å². The van der Waals surface area contributed by atoms with Crippen LogP contribution in [0.2, 0.25) is 10.0 Å². The molecule has 0 atom stereocenters. The average molecular weight is 446 g/mol. The lowest BCUT2D eigenvalue weighted by molar-refractivity contribution is -0.135. The molecule has 0 bridgehead atoms. The summed E-state index contributed by atoms with van der Waals surface area (Å²) >= 11 is 15.3. The lowest BCUT2D eigenvalue weighted by Gasteiger charge is -2.17. The van der Waals surface area contributed by atoms with Crippen LogP contribution < -0.4 is 10.1 Å². The second kappa shape index (κ2) is 9.08. The Morgan fingerprint density at radius 3 is 2.32 bits per heavy atom. The number of amides is 2. The summed E-state index contributed by atoms with van der Waals surface area (Å²) in [7, 11) is 1.51. The fourth-order valence-corrected chi connectivity index (χ4v) is 2.64. The van der Waals surface area contributed by atoms with Gasteiger partial charge >= 0.3 is 0 Å². The first kappa shape index (κ1) is 19.6. The highest BCUT2D eigenvalue weighted by molar-refractivity contribution is 9.10. The Morgan fingerprint density at radius 2 is 1.72 bits per heavy atom. The lowest BCUT2D eigenvalue weighted by atomic mass is 10.3. The molecule has 0 aromatic heterocycles. The Balaban J connectivity index is 1.85. The van der Waals surface area contributed by atoms with Crippen LogP contribution >= 0.6 is 39.1 Å². The molecule has 5 nitrogen and oxygen atoms in total. The Hall–Kier alpha value is -1.76. The van der Waals surface area contributed by atoms with Crippen LogP contribution in [0.15, 0.2) is 46.9 Å². The van der Waals surface area contributed by atoms with Crippen molar-refractivity contribution >= 4 is 56.6 Å². The minimum Gasteiger partial charge on any atom is -0.484 e. The van der Waals surface area contributed by atoms with Gasteiger partial charge in [0.1, 0.15) is 5.75 Å². The number of hydrogen-bond donors (Lipinski definition) is 1. The van der Waals surface area contributed by atoms with E-state index in [-0.39, 0.29) is 19.1 Å². The number of rotatable bonds is 6. The van der Waals surface area contributed by atoms with E-state index in [2.05, 4.69) is 21.2 Å². The number of halogens is 3. The molecule has 0 saturated heterocycles. The quantitative estimate of drug-likeness (QED) is 0.723. The summed E-state index contributed by atoms with van der Waals surface area (Å²) in [6.07, 6.45) is 0. The fourth-order valence-electron chi connectivity index (χ4n) is 1.89. The molecule has 0 heterocycles. The van der Waals surface area contributed by atoms with Crippen molar-refractivity contribution in [2.24, 2.45) is 0 Å². The van der Waals surface area contributed by atoms with Crippen LogP contribution in [-0.2, 0) is 9.59 Å². The van der Waals surface area contributed by atoms with Gasteiger partial charge in [-0.15, -0.1) is 0 Å². The van der Waals surface area contributed by atoms with Crippen molar-refractivity contribution in [2.75, 3.05) is 25.5 Å². The van der Waals surface area contributed by atoms with E-state index >= 15 is 0 Å². The summed E-state index contributed by atoms with van der Waals surface area (Å²) in [5.74, 6) is -0.171. The molecule has 8 heteroatoms. The molecular formula is C17H15BrCl2N2O3. The number of likely N-dealkylation sites (N-methyl/N-ethyl adjacent to an activating group) is 1. The van der Waals surface area contributed by atoms with Gasteiger partial charge in [0.15, 0.2) is 6.61 Å². The first-order chi connectivity index (χ1) is 11.9. The molecule has 0 fully saturated rings. The number of carbonyl (C=O) groups excluding carboxylic acids is 2. The lowest BCUT2D eigenvalue weighted by Crippen LogP contribution is -2.37. The van der Waals surface area contributed by atoms with Crippen LogP contribution in [0.3, 0.4) is 0 Å². The topological polar surface area (TPSA) is 58.6 Å². The number of ether oxygens (including phenoxy) is 1. The van der Waals surface area contributed by atoms with Gasteiger partial charge in [0, 0.05) is 11.5 Å². The molecule has 2 aromatic carbocycles. The highest BCUT2D eigenvalue weighted by atomic mass is 79.9. The molecule has 0 aliphatic carbocycles. The third-order valence-corrected chi connectivity index (χ3v) is 4.37. The predicted molar refractivity (Wildman–Crippen MR) is 102 cm³/mol. The number of nitrogens with one attached hydrogen (secondary N) is 1. The zero-order valence-electron chi connectivity index (χ0n) is 13.3. The van der Waals surface area contributed by atoms with Crippen LogP contribution in [-0.4, -0.2) is 36.9 Å². The Labute approximate surface area is 164 Å². The minimum atomic E-state index is -0.408. The first-order valence-corrected chi connectivity index (χ1v) is 8.78. The number of nitrogens with zero attached hydrogens (tertiary/aromatic N) is 1. The zero-order chi connectivity index (χ0) is 18.4. The molecule has 0 radical (unpaired) electrons. The maximum Gasteiger partial charge on any atom is 0.260 e. The number of carbonyl (C=O) groups is 2. The summed E-state index contributed by atoms with van der Waals surface area (Å²) in [4.78, 5) is 25.4. The Bertz CT molecular complexity index is 749. The highest BCUT2D eigenvalue weighted by Crippen LogP contribution is 2.29. The Morgan fingerprint density at radius 1 is 1.12 bits per heavy atom. The van der Waals surface area contributed by atoms with Gasteiger partial charge in [-0.25, -0.2) is 0 Å². The van der Waals surface area contributed by atoms with Gasteiger partial charge < -0.3 is 15.0 Å². The summed E-state index contributed by atoms with van der Waals surface area (Å²) in [5.41, 5.74) is 0.322. The van der Waals surface area contributed by atoms with Crippen LogP contribution in [0.4, 0.5) is 5.69 Å². The molecule has 0 aliphatic rings. The second-order valence-electron chi connectivity index (χ2n) is 5.14. The van der Waals surface area contributed by atoms with Gasteiger partial charge in [0.2, 0.25) is 5.91 Å². The van der Waals surface area contributed by atoms with Crippen molar-refractivity contribution in [3.05, 3.63) is 57.0 Å². The van der Waals surface area contributed by atoms with Crippen molar-refractivity contribution in [3.8, 4) is 5.75 Å².